The third-order valence-electron chi connectivity index (χ3n) is 2.42. The number of nitrogens with zero attached hydrogens (tertiary/aromatic N) is 2. The summed E-state index contributed by atoms with van der Waals surface area (Å²) in [4.78, 5) is 8.76. The molecule has 0 aromatic carbocycles. The van der Waals surface area contributed by atoms with Gasteiger partial charge >= 0.3 is 0 Å². The predicted octanol–water partition coefficient (Wildman–Crippen LogP) is 3.89. The zero-order valence-corrected chi connectivity index (χ0v) is 13.3. The molecule has 19 heavy (non-hydrogen) atoms. The van der Waals surface area contributed by atoms with Crippen LogP contribution in [0.2, 0.25) is 0 Å². The van der Waals surface area contributed by atoms with Crippen LogP contribution < -0.4 is 5.32 Å². The molecule has 0 radical (unpaired) electrons. The van der Waals surface area contributed by atoms with Gasteiger partial charge in [0.05, 0.1) is 0 Å². The Balaban J connectivity index is 1.96. The van der Waals surface area contributed by atoms with E-state index in [-0.39, 0.29) is 0 Å². The van der Waals surface area contributed by atoms with Crippen molar-refractivity contribution < 1.29 is 0 Å². The minimum Gasteiger partial charge on any atom is -0.310 e. The first-order valence-corrected chi connectivity index (χ1v) is 7.72. The molecule has 0 unspecified atom stereocenters. The van der Waals surface area contributed by atoms with Gasteiger partial charge in [0.2, 0.25) is 0 Å². The standard InChI is InChI=1S/C14H16BrN3S/c1-10(2)16-7-11-3-5-13(17-8-11)19-14-6-4-12(15)9-18-14/h3-6,8-10,16H,7H2,1-2H3. The second kappa shape index (κ2) is 7.03. The summed E-state index contributed by atoms with van der Waals surface area (Å²) in [6.07, 6.45) is 3.71. The number of halogens is 1. The molecule has 3 nitrogen and oxygen atoms in total. The third-order valence-corrected chi connectivity index (χ3v) is 3.79. The van der Waals surface area contributed by atoms with Gasteiger partial charge in [-0.05, 0) is 39.7 Å². The van der Waals surface area contributed by atoms with Gasteiger partial charge in [-0.2, -0.15) is 0 Å². The van der Waals surface area contributed by atoms with E-state index in [1.54, 1.807) is 18.0 Å². The van der Waals surface area contributed by atoms with Gasteiger partial charge in [-0.15, -0.1) is 0 Å². The zero-order chi connectivity index (χ0) is 13.7. The second-order valence-electron chi connectivity index (χ2n) is 4.46. The van der Waals surface area contributed by atoms with Crippen molar-refractivity contribution in [2.24, 2.45) is 0 Å². The Labute approximate surface area is 126 Å². The van der Waals surface area contributed by atoms with E-state index < -0.39 is 0 Å². The SMILES string of the molecule is CC(C)NCc1ccc(Sc2ccc(Br)cn2)nc1. The highest BCUT2D eigenvalue weighted by Gasteiger charge is 2.01. The van der Waals surface area contributed by atoms with Crippen molar-refractivity contribution in [1.29, 1.82) is 0 Å². The predicted molar refractivity (Wildman–Crippen MR) is 82.3 cm³/mol. The molecular weight excluding hydrogens is 322 g/mol. The fraction of sp³-hybridized carbons (Fsp3) is 0.286. The molecular formula is C14H16BrN3S. The maximum Gasteiger partial charge on any atom is 0.102 e. The first-order chi connectivity index (χ1) is 9.13. The number of hydrogen-bond donors (Lipinski definition) is 1. The maximum atomic E-state index is 4.45. The van der Waals surface area contributed by atoms with E-state index in [0.717, 1.165) is 21.1 Å². The molecule has 0 amide bonds. The Hall–Kier alpha value is -0.910. The Bertz CT molecular complexity index is 511. The molecule has 0 bridgehead atoms. The van der Waals surface area contributed by atoms with E-state index in [2.05, 4.69) is 51.1 Å². The van der Waals surface area contributed by atoms with Crippen molar-refractivity contribution in [1.82, 2.24) is 15.3 Å². The summed E-state index contributed by atoms with van der Waals surface area (Å²) >= 11 is 4.94. The summed E-state index contributed by atoms with van der Waals surface area (Å²) in [6, 6.07) is 8.58. The Morgan fingerprint density at radius 3 is 2.32 bits per heavy atom. The highest BCUT2D eigenvalue weighted by molar-refractivity contribution is 9.10. The number of pyridine rings is 2. The van der Waals surface area contributed by atoms with Crippen molar-refractivity contribution in [3.05, 3.63) is 46.7 Å². The Morgan fingerprint density at radius 2 is 1.79 bits per heavy atom. The molecule has 1 N–H and O–H groups in total. The average molecular weight is 338 g/mol. The normalized spacial score (nSPS) is 10.9. The number of hydrogen-bond acceptors (Lipinski definition) is 4. The van der Waals surface area contributed by atoms with Crippen LogP contribution in [0.1, 0.15) is 19.4 Å². The minimum absolute atomic E-state index is 0.487. The van der Waals surface area contributed by atoms with Gasteiger partial charge in [0, 0.05) is 29.5 Å². The van der Waals surface area contributed by atoms with Crippen LogP contribution in [0.4, 0.5) is 0 Å². The largest absolute Gasteiger partial charge is 0.310 e. The quantitative estimate of drug-likeness (QED) is 0.898. The van der Waals surface area contributed by atoms with Crippen LogP contribution in [-0.4, -0.2) is 16.0 Å². The highest BCUT2D eigenvalue weighted by atomic mass is 79.9. The molecule has 2 aromatic heterocycles. The lowest BCUT2D eigenvalue weighted by Crippen LogP contribution is -2.21. The molecule has 2 heterocycles. The van der Waals surface area contributed by atoms with Crippen LogP contribution in [-0.2, 0) is 6.54 Å². The molecule has 0 spiro atoms. The van der Waals surface area contributed by atoms with Gasteiger partial charge in [0.15, 0.2) is 0 Å². The molecule has 0 saturated carbocycles. The van der Waals surface area contributed by atoms with E-state index in [0.29, 0.717) is 6.04 Å². The number of nitrogens with one attached hydrogen (secondary N) is 1. The Morgan fingerprint density at radius 1 is 1.11 bits per heavy atom. The minimum atomic E-state index is 0.487. The van der Waals surface area contributed by atoms with Crippen LogP contribution >= 0.6 is 27.7 Å². The molecule has 2 aromatic rings. The fourth-order valence-corrected chi connectivity index (χ4v) is 2.36. The van der Waals surface area contributed by atoms with Crippen molar-refractivity contribution in [2.45, 2.75) is 36.5 Å². The summed E-state index contributed by atoms with van der Waals surface area (Å²) in [7, 11) is 0. The second-order valence-corrected chi connectivity index (χ2v) is 6.41. The summed E-state index contributed by atoms with van der Waals surface area (Å²) in [6.45, 7) is 5.12. The van der Waals surface area contributed by atoms with E-state index in [9.17, 15) is 0 Å². The molecule has 0 saturated heterocycles. The molecule has 0 fully saturated rings. The molecule has 0 atom stereocenters. The lowest BCUT2D eigenvalue weighted by Gasteiger charge is -2.08. The highest BCUT2D eigenvalue weighted by Crippen LogP contribution is 2.24. The first kappa shape index (κ1) is 14.5. The van der Waals surface area contributed by atoms with Crippen molar-refractivity contribution in [3.8, 4) is 0 Å². The van der Waals surface area contributed by atoms with Gasteiger partial charge in [0.1, 0.15) is 10.1 Å². The lowest BCUT2D eigenvalue weighted by molar-refractivity contribution is 0.587. The molecule has 5 heteroatoms. The van der Waals surface area contributed by atoms with Crippen LogP contribution in [0.5, 0.6) is 0 Å². The molecule has 100 valence electrons. The first-order valence-electron chi connectivity index (χ1n) is 6.11. The monoisotopic (exact) mass is 337 g/mol. The smallest absolute Gasteiger partial charge is 0.102 e. The van der Waals surface area contributed by atoms with Gasteiger partial charge in [-0.1, -0.05) is 31.7 Å². The molecule has 0 aliphatic carbocycles. The van der Waals surface area contributed by atoms with Crippen LogP contribution in [0, 0.1) is 0 Å². The maximum absolute atomic E-state index is 4.45. The summed E-state index contributed by atoms with van der Waals surface area (Å²) in [5.41, 5.74) is 1.20. The van der Waals surface area contributed by atoms with Gasteiger partial charge in [-0.25, -0.2) is 9.97 Å². The summed E-state index contributed by atoms with van der Waals surface area (Å²) in [5, 5.41) is 5.28. The number of rotatable bonds is 5. The van der Waals surface area contributed by atoms with Gasteiger partial charge < -0.3 is 5.32 Å². The van der Waals surface area contributed by atoms with Gasteiger partial charge in [0.25, 0.3) is 0 Å². The van der Waals surface area contributed by atoms with Crippen LogP contribution in [0.25, 0.3) is 0 Å². The summed E-state index contributed by atoms with van der Waals surface area (Å²) < 4.78 is 0.986. The van der Waals surface area contributed by atoms with E-state index in [1.807, 2.05) is 24.4 Å². The van der Waals surface area contributed by atoms with Crippen LogP contribution in [0.15, 0.2) is 51.2 Å². The van der Waals surface area contributed by atoms with E-state index >= 15 is 0 Å². The summed E-state index contributed by atoms with van der Waals surface area (Å²) in [5.74, 6) is 0. The Kier molecular flexibility index (Phi) is 5.36. The molecule has 2 rings (SSSR count). The third kappa shape index (κ3) is 4.93. The van der Waals surface area contributed by atoms with Crippen LogP contribution in [0.3, 0.4) is 0 Å². The van der Waals surface area contributed by atoms with Gasteiger partial charge in [-0.3, -0.25) is 0 Å². The molecule has 0 aliphatic rings. The topological polar surface area (TPSA) is 37.8 Å². The average Bonchev–Trinajstić information content (AvgIpc) is 2.40. The van der Waals surface area contributed by atoms with Crippen molar-refractivity contribution in [2.75, 3.05) is 0 Å². The lowest BCUT2D eigenvalue weighted by atomic mass is 10.2. The van der Waals surface area contributed by atoms with E-state index in [1.165, 1.54) is 5.56 Å². The van der Waals surface area contributed by atoms with Crippen molar-refractivity contribution in [3.63, 3.8) is 0 Å². The van der Waals surface area contributed by atoms with E-state index in [4.69, 9.17) is 0 Å². The number of aromatic nitrogens is 2. The molecule has 0 aliphatic heterocycles. The van der Waals surface area contributed by atoms with Crippen molar-refractivity contribution >= 4 is 27.7 Å². The zero-order valence-electron chi connectivity index (χ0n) is 10.9. The fourth-order valence-electron chi connectivity index (χ4n) is 1.43.